The van der Waals surface area contributed by atoms with Gasteiger partial charge in [-0.15, -0.1) is 10.2 Å². The zero-order valence-corrected chi connectivity index (χ0v) is 17.4. The van der Waals surface area contributed by atoms with Crippen LogP contribution in [0.25, 0.3) is 11.5 Å². The zero-order valence-electron chi connectivity index (χ0n) is 17.4. The maximum absolute atomic E-state index is 12.7. The molecule has 6 heteroatoms. The Labute approximate surface area is 176 Å². The molecule has 1 unspecified atom stereocenters. The summed E-state index contributed by atoms with van der Waals surface area (Å²) in [6.07, 6.45) is 1.41. The van der Waals surface area contributed by atoms with Crippen LogP contribution in [-0.2, 0) is 11.2 Å². The lowest BCUT2D eigenvalue weighted by molar-refractivity contribution is -0.141. The van der Waals surface area contributed by atoms with E-state index in [1.165, 1.54) is 5.56 Å². The number of carbonyl (C=O) groups excluding carboxylic acids is 1. The van der Waals surface area contributed by atoms with Gasteiger partial charge in [0.05, 0.1) is 12.5 Å². The average Bonchev–Trinajstić information content (AvgIpc) is 3.34. The van der Waals surface area contributed by atoms with E-state index in [-0.39, 0.29) is 17.4 Å². The van der Waals surface area contributed by atoms with Crippen LogP contribution < -0.4 is 0 Å². The Morgan fingerprint density at radius 1 is 1.07 bits per heavy atom. The molecule has 1 atom stereocenters. The van der Waals surface area contributed by atoms with Crippen molar-refractivity contribution in [1.29, 1.82) is 0 Å². The summed E-state index contributed by atoms with van der Waals surface area (Å²) in [5, 5.41) is 8.57. The number of aromatic nitrogens is 2. The first-order valence-corrected chi connectivity index (χ1v) is 10.4. The van der Waals surface area contributed by atoms with E-state index in [1.54, 1.807) is 0 Å². The van der Waals surface area contributed by atoms with Crippen LogP contribution in [0.4, 0.5) is 0 Å². The molecule has 2 aliphatic heterocycles. The molecule has 1 aromatic heterocycles. The summed E-state index contributed by atoms with van der Waals surface area (Å²) in [6, 6.07) is 18.2. The Morgan fingerprint density at radius 3 is 2.53 bits per heavy atom. The van der Waals surface area contributed by atoms with Crippen molar-refractivity contribution >= 4 is 5.91 Å². The van der Waals surface area contributed by atoms with Crippen molar-refractivity contribution in [3.8, 4) is 11.5 Å². The molecular formula is C24H26N4O2. The first-order chi connectivity index (χ1) is 14.5. The Morgan fingerprint density at radius 2 is 1.80 bits per heavy atom. The van der Waals surface area contributed by atoms with Gasteiger partial charge >= 0.3 is 0 Å². The van der Waals surface area contributed by atoms with Crippen molar-refractivity contribution in [1.82, 2.24) is 20.0 Å². The Bertz CT molecular complexity index is 1040. The number of carbonyl (C=O) groups is 1. The summed E-state index contributed by atoms with van der Waals surface area (Å²) in [5.74, 6) is 1.43. The summed E-state index contributed by atoms with van der Waals surface area (Å²) in [6.45, 7) is 4.61. The monoisotopic (exact) mass is 402 g/mol. The number of hydrogen-bond acceptors (Lipinski definition) is 5. The van der Waals surface area contributed by atoms with Crippen LogP contribution in [0.1, 0.15) is 29.5 Å². The van der Waals surface area contributed by atoms with Crippen LogP contribution in [0.5, 0.6) is 0 Å². The lowest BCUT2D eigenvalue weighted by atomic mass is 9.77. The molecule has 0 bridgehead atoms. The van der Waals surface area contributed by atoms with Gasteiger partial charge in [-0.25, -0.2) is 0 Å². The lowest BCUT2D eigenvalue weighted by Crippen LogP contribution is -2.59. The lowest BCUT2D eigenvalue weighted by Gasteiger charge is -2.48. The van der Waals surface area contributed by atoms with Gasteiger partial charge in [0.25, 0.3) is 0 Å². The van der Waals surface area contributed by atoms with Crippen LogP contribution in [0.15, 0.2) is 59.0 Å². The van der Waals surface area contributed by atoms with E-state index in [9.17, 15) is 4.79 Å². The van der Waals surface area contributed by atoms with Crippen molar-refractivity contribution < 1.29 is 9.21 Å². The second-order valence-electron chi connectivity index (χ2n) is 8.86. The fraction of sp³-hybridized carbons (Fsp3) is 0.375. The molecule has 2 saturated heterocycles. The number of benzene rings is 2. The Balaban J connectivity index is 1.22. The van der Waals surface area contributed by atoms with Gasteiger partial charge < -0.3 is 9.32 Å². The van der Waals surface area contributed by atoms with E-state index in [0.717, 1.165) is 37.2 Å². The first-order valence-electron chi connectivity index (χ1n) is 10.4. The highest BCUT2D eigenvalue weighted by Crippen LogP contribution is 2.47. The maximum Gasteiger partial charge on any atom is 0.247 e. The molecule has 3 heterocycles. The minimum absolute atomic E-state index is 0.101. The standard InChI is InChI=1S/C24H26N4O2/c1-17-8-10-18(11-9-17)12-21(29)28-15-24(16-28)13-20(27(2)14-24)23-26-25-22(30-23)19-6-4-3-5-7-19/h3-11,20H,12-16H2,1-2H3. The Hall–Kier alpha value is -2.99. The third-order valence-corrected chi connectivity index (χ3v) is 6.37. The number of aryl methyl sites for hydroxylation is 1. The van der Waals surface area contributed by atoms with Crippen molar-refractivity contribution in [2.24, 2.45) is 5.41 Å². The fourth-order valence-corrected chi connectivity index (χ4v) is 4.77. The van der Waals surface area contributed by atoms with Gasteiger partial charge in [-0.1, -0.05) is 48.0 Å². The summed E-state index contributed by atoms with van der Waals surface area (Å²) in [5.41, 5.74) is 3.35. The normalized spacial score (nSPS) is 20.5. The number of likely N-dealkylation sites (tertiary alicyclic amines) is 2. The molecule has 1 spiro atoms. The van der Waals surface area contributed by atoms with Gasteiger partial charge in [0, 0.05) is 30.6 Å². The minimum Gasteiger partial charge on any atom is -0.419 e. The molecule has 30 heavy (non-hydrogen) atoms. The van der Waals surface area contributed by atoms with Crippen LogP contribution in [0, 0.1) is 12.3 Å². The smallest absolute Gasteiger partial charge is 0.247 e. The van der Waals surface area contributed by atoms with E-state index >= 15 is 0 Å². The number of hydrogen-bond donors (Lipinski definition) is 0. The summed E-state index contributed by atoms with van der Waals surface area (Å²) in [4.78, 5) is 17.0. The number of amides is 1. The SMILES string of the molecule is Cc1ccc(CC(=O)N2CC3(CC(c4nnc(-c5ccccc5)o4)N(C)C3)C2)cc1. The first kappa shape index (κ1) is 19.0. The average molecular weight is 402 g/mol. The summed E-state index contributed by atoms with van der Waals surface area (Å²) in [7, 11) is 2.10. The van der Waals surface area contributed by atoms with Gasteiger partial charge in [-0.3, -0.25) is 9.69 Å². The molecule has 3 aromatic rings. The van der Waals surface area contributed by atoms with Gasteiger partial charge in [-0.2, -0.15) is 0 Å². The predicted molar refractivity (Wildman–Crippen MR) is 114 cm³/mol. The molecule has 0 saturated carbocycles. The third-order valence-electron chi connectivity index (χ3n) is 6.37. The van der Waals surface area contributed by atoms with E-state index in [4.69, 9.17) is 4.42 Å². The highest BCUT2D eigenvalue weighted by Gasteiger charge is 2.53. The van der Waals surface area contributed by atoms with Gasteiger partial charge in [0.15, 0.2) is 0 Å². The van der Waals surface area contributed by atoms with Crippen LogP contribution in [0.3, 0.4) is 0 Å². The molecule has 0 N–H and O–H groups in total. The topological polar surface area (TPSA) is 62.5 Å². The van der Waals surface area contributed by atoms with Crippen LogP contribution >= 0.6 is 0 Å². The van der Waals surface area contributed by atoms with E-state index in [2.05, 4.69) is 41.2 Å². The van der Waals surface area contributed by atoms with Gasteiger partial charge in [0.2, 0.25) is 17.7 Å². The van der Waals surface area contributed by atoms with E-state index < -0.39 is 0 Å². The number of rotatable bonds is 4. The van der Waals surface area contributed by atoms with Gasteiger partial charge in [0.1, 0.15) is 0 Å². The minimum atomic E-state index is 0.101. The molecule has 2 aromatic carbocycles. The van der Waals surface area contributed by atoms with Gasteiger partial charge in [-0.05, 0) is 38.1 Å². The van der Waals surface area contributed by atoms with E-state index in [1.807, 2.05) is 47.4 Å². The second kappa shape index (κ2) is 7.36. The Kier molecular flexibility index (Phi) is 4.66. The molecule has 0 radical (unpaired) electrons. The van der Waals surface area contributed by atoms with Crippen molar-refractivity contribution in [2.75, 3.05) is 26.7 Å². The third kappa shape index (κ3) is 3.52. The van der Waals surface area contributed by atoms with Crippen molar-refractivity contribution in [3.05, 3.63) is 71.6 Å². The maximum atomic E-state index is 12.7. The molecule has 0 aliphatic carbocycles. The predicted octanol–water partition coefficient (Wildman–Crippen LogP) is 3.49. The highest BCUT2D eigenvalue weighted by atomic mass is 16.4. The second-order valence-corrected chi connectivity index (χ2v) is 8.86. The molecule has 5 rings (SSSR count). The van der Waals surface area contributed by atoms with E-state index in [0.29, 0.717) is 18.2 Å². The molecule has 2 fully saturated rings. The van der Waals surface area contributed by atoms with Crippen molar-refractivity contribution in [3.63, 3.8) is 0 Å². The fourth-order valence-electron chi connectivity index (χ4n) is 4.77. The van der Waals surface area contributed by atoms with Crippen LogP contribution in [-0.4, -0.2) is 52.6 Å². The molecule has 2 aliphatic rings. The zero-order chi connectivity index (χ0) is 20.7. The quantitative estimate of drug-likeness (QED) is 0.668. The largest absolute Gasteiger partial charge is 0.419 e. The van der Waals surface area contributed by atoms with Crippen LogP contribution in [0.2, 0.25) is 0 Å². The molecule has 154 valence electrons. The summed E-state index contributed by atoms with van der Waals surface area (Å²) < 4.78 is 6.00. The summed E-state index contributed by atoms with van der Waals surface area (Å²) >= 11 is 0. The molecule has 6 nitrogen and oxygen atoms in total. The molecule has 1 amide bonds. The number of nitrogens with zero attached hydrogens (tertiary/aromatic N) is 4. The highest BCUT2D eigenvalue weighted by molar-refractivity contribution is 5.79. The van der Waals surface area contributed by atoms with Crippen molar-refractivity contribution in [2.45, 2.75) is 25.8 Å². The molecular weight excluding hydrogens is 376 g/mol.